The molecule has 4 rings (SSSR count). The van der Waals surface area contributed by atoms with Crippen molar-refractivity contribution in [2.45, 2.75) is 6.92 Å². The second-order valence-corrected chi connectivity index (χ2v) is 11.4. The summed E-state index contributed by atoms with van der Waals surface area (Å²) in [7, 11) is 0. The number of hydrogen-bond donors (Lipinski definition) is 0. The van der Waals surface area contributed by atoms with Crippen molar-refractivity contribution < 1.29 is 48.0 Å². The van der Waals surface area contributed by atoms with Crippen LogP contribution in [-0.2, 0) is 9.59 Å². The van der Waals surface area contributed by atoms with Gasteiger partial charge in [0.2, 0.25) is 0 Å². The minimum Gasteiger partial charge on any atom is -0.427 e. The Morgan fingerprint density at radius 3 is 1.27 bits per heavy atom. The third kappa shape index (κ3) is 17.6. The first kappa shape index (κ1) is 44.9. The Morgan fingerprint density at radius 1 is 0.569 bits per heavy atom. The first-order valence-corrected chi connectivity index (χ1v) is 15.7. The highest BCUT2D eigenvalue weighted by Gasteiger charge is 2.10. The van der Waals surface area contributed by atoms with Crippen molar-refractivity contribution in [3.63, 3.8) is 0 Å². The number of ether oxygens (including phenoxy) is 4. The maximum atomic E-state index is 10.5. The van der Waals surface area contributed by atoms with Gasteiger partial charge in [-0.2, -0.15) is 0 Å². The van der Waals surface area contributed by atoms with E-state index < -0.39 is 26.7 Å². The van der Waals surface area contributed by atoms with Gasteiger partial charge in [0, 0.05) is 66.5 Å². The molecule has 0 atom stereocenters. The summed E-state index contributed by atoms with van der Waals surface area (Å²) in [5.74, 6) is 0.301. The van der Waals surface area contributed by atoms with Crippen molar-refractivity contribution in [3.05, 3.63) is 123 Å². The van der Waals surface area contributed by atoms with E-state index in [4.69, 9.17) is 92.8 Å². The van der Waals surface area contributed by atoms with Gasteiger partial charge in [-0.3, -0.25) is 29.8 Å². The zero-order valence-electron chi connectivity index (χ0n) is 24.8. The Hall–Kier alpha value is -4.12. The number of nitro benzene ring substituents is 2. The van der Waals surface area contributed by atoms with Gasteiger partial charge >= 0.3 is 16.8 Å². The number of hydrogen-bond acceptors (Lipinski definition) is 12. The number of halogens is 8. The van der Waals surface area contributed by atoms with Crippen molar-refractivity contribution >= 4 is 127 Å². The van der Waals surface area contributed by atoms with Gasteiger partial charge in [0.05, 0.1) is 40.0 Å². The normalized spacial score (nSPS) is 9.51. The fourth-order valence-electron chi connectivity index (χ4n) is 2.85. The monoisotopic (exact) mass is 864 g/mol. The first-order valence-electron chi connectivity index (χ1n) is 12.7. The van der Waals surface area contributed by atoms with E-state index in [0.29, 0.717) is 10.8 Å². The minimum absolute atomic E-state index is 0.0316. The van der Waals surface area contributed by atoms with Gasteiger partial charge in [0.1, 0.15) is 11.5 Å². The third-order valence-corrected chi connectivity index (χ3v) is 7.06. The quantitative estimate of drug-likeness (QED) is 0.0325. The summed E-state index contributed by atoms with van der Waals surface area (Å²) in [6.45, 7) is 1.53. The van der Waals surface area contributed by atoms with Gasteiger partial charge in [0.25, 0.3) is 17.8 Å². The molecule has 0 unspecified atom stereocenters. The maximum absolute atomic E-state index is 10.5. The van der Waals surface area contributed by atoms with Crippen molar-refractivity contribution in [3.8, 4) is 23.0 Å². The molecule has 0 radical (unpaired) electrons. The molecule has 0 saturated carbocycles. The van der Waals surface area contributed by atoms with Crippen LogP contribution in [-0.4, -0.2) is 33.1 Å². The summed E-state index contributed by atoms with van der Waals surface area (Å²) < 4.78 is 18.2. The van der Waals surface area contributed by atoms with E-state index in [9.17, 15) is 39.4 Å². The Bertz CT molecular complexity index is 1810. The van der Waals surface area contributed by atoms with Crippen LogP contribution in [0.25, 0.3) is 0 Å². The predicted octanol–water partition coefficient (Wildman–Crippen LogP) is 11.4. The van der Waals surface area contributed by atoms with Gasteiger partial charge in [0.15, 0.2) is 11.5 Å². The van der Waals surface area contributed by atoms with Gasteiger partial charge in [-0.15, -0.1) is 0 Å². The molecule has 0 N–H and O–H groups in total. The van der Waals surface area contributed by atoms with Crippen LogP contribution in [0, 0.1) is 20.2 Å². The average molecular weight is 868 g/mol. The summed E-state index contributed by atoms with van der Waals surface area (Å²) in [5, 5.41) is 22.0. The molecule has 4 aromatic carbocycles. The van der Waals surface area contributed by atoms with E-state index in [-0.39, 0.29) is 60.2 Å². The summed E-state index contributed by atoms with van der Waals surface area (Å²) in [6.07, 6.45) is 0. The molecule has 0 aromatic heterocycles. The van der Waals surface area contributed by atoms with Crippen LogP contribution in [0.4, 0.5) is 21.0 Å². The van der Waals surface area contributed by atoms with E-state index >= 15 is 0 Å². The lowest BCUT2D eigenvalue weighted by molar-refractivity contribution is -0.385. The van der Waals surface area contributed by atoms with Crippen LogP contribution >= 0.6 is 92.8 Å². The highest BCUT2D eigenvalue weighted by atomic mass is 35.5. The molecule has 0 spiro atoms. The van der Waals surface area contributed by atoms with Crippen LogP contribution in [0.1, 0.15) is 6.92 Å². The zero-order valence-corrected chi connectivity index (χ0v) is 30.9. The van der Waals surface area contributed by atoms with Crippen LogP contribution in [0.5, 0.6) is 23.0 Å². The highest BCUT2D eigenvalue weighted by Crippen LogP contribution is 2.35. The average Bonchev–Trinajstić information content (AvgIpc) is 3.03. The van der Waals surface area contributed by atoms with Crippen LogP contribution in [0.15, 0.2) is 72.8 Å². The Balaban J connectivity index is 0.000000340. The third-order valence-electron chi connectivity index (χ3n) is 4.87. The number of nitro groups is 2. The number of rotatable bonds is 7. The Morgan fingerprint density at radius 2 is 0.922 bits per heavy atom. The molecular weight excluding hydrogens is 852 g/mol. The Kier molecular flexibility index (Phi) is 19.9. The molecular formula is C29H16Cl8N2O12. The highest BCUT2D eigenvalue weighted by molar-refractivity contribution is 6.61. The summed E-state index contributed by atoms with van der Waals surface area (Å²) >= 11 is 43.8. The van der Waals surface area contributed by atoms with Crippen LogP contribution < -0.4 is 18.9 Å². The first-order chi connectivity index (χ1) is 23.8. The lowest BCUT2D eigenvalue weighted by Crippen LogP contribution is -2.01. The second-order valence-electron chi connectivity index (χ2n) is 8.38. The van der Waals surface area contributed by atoms with Crippen molar-refractivity contribution in [1.82, 2.24) is 0 Å². The van der Waals surface area contributed by atoms with E-state index in [2.05, 4.69) is 18.9 Å². The molecule has 22 heteroatoms. The second kappa shape index (κ2) is 22.6. The van der Waals surface area contributed by atoms with E-state index in [1.807, 2.05) is 0 Å². The number of benzene rings is 4. The topological polar surface area (TPSA) is 191 Å². The molecule has 0 aliphatic heterocycles. The predicted molar refractivity (Wildman–Crippen MR) is 191 cm³/mol. The van der Waals surface area contributed by atoms with Crippen molar-refractivity contribution in [1.29, 1.82) is 0 Å². The fourth-order valence-corrected chi connectivity index (χ4v) is 4.17. The summed E-state index contributed by atoms with van der Waals surface area (Å²) in [6, 6.07) is 15.8. The van der Waals surface area contributed by atoms with Gasteiger partial charge in [-0.25, -0.2) is 9.59 Å². The molecule has 0 saturated heterocycles. The van der Waals surface area contributed by atoms with Gasteiger partial charge < -0.3 is 18.9 Å². The van der Waals surface area contributed by atoms with E-state index in [1.165, 1.54) is 79.7 Å². The molecule has 270 valence electrons. The molecule has 0 aliphatic carbocycles. The Labute approximate surface area is 326 Å². The van der Waals surface area contributed by atoms with Crippen molar-refractivity contribution in [2.75, 3.05) is 0 Å². The zero-order chi connectivity index (χ0) is 38.8. The van der Waals surface area contributed by atoms with E-state index in [0.717, 1.165) is 0 Å². The molecule has 0 aliphatic rings. The number of nitrogens with zero attached hydrogens (tertiary/aromatic N) is 2. The van der Waals surface area contributed by atoms with Gasteiger partial charge in [-0.1, -0.05) is 69.6 Å². The lowest BCUT2D eigenvalue weighted by Gasteiger charge is -2.03. The van der Waals surface area contributed by atoms with Crippen LogP contribution in [0.2, 0.25) is 30.1 Å². The molecule has 51 heavy (non-hydrogen) atoms. The standard InChI is InChI=1S/C8H7NO4.C7H2Cl4O2.C7H3Cl3O2.C7H4ClNO4/c1-6(10)13-8-4-2-7(3-5-8)9(11)12;8-3-1-5(10)6(2-4(3)9)13-7(11)12;8-4-1-6(10)7(12-3-11)2-5(4)9;8-7(10)13-6-3-1-5(2-4-6)9(11)12/h2-5H,1H3;1-2H;1-3H;1-4H. The molecule has 0 amide bonds. The maximum Gasteiger partial charge on any atom is 0.409 e. The molecule has 0 fully saturated rings. The number of non-ortho nitro benzene ring substituents is 2. The lowest BCUT2D eigenvalue weighted by atomic mass is 10.3. The molecule has 4 aromatic rings. The number of carbonyl (C=O) groups is 4. The van der Waals surface area contributed by atoms with Crippen molar-refractivity contribution in [2.24, 2.45) is 0 Å². The fraction of sp³-hybridized carbons (Fsp3) is 0.0345. The molecule has 14 nitrogen and oxygen atoms in total. The smallest absolute Gasteiger partial charge is 0.409 e. The molecule has 0 bridgehead atoms. The largest absolute Gasteiger partial charge is 0.427 e. The van der Waals surface area contributed by atoms with Gasteiger partial charge in [-0.05, 0) is 36.4 Å². The minimum atomic E-state index is -0.986. The number of carbonyl (C=O) groups excluding carboxylic acids is 4. The number of esters is 1. The summed E-state index contributed by atoms with van der Waals surface area (Å²) in [5.41, 5.74) is -2.07. The van der Waals surface area contributed by atoms with E-state index in [1.54, 1.807) is 0 Å². The molecule has 0 heterocycles. The van der Waals surface area contributed by atoms with Crippen LogP contribution in [0.3, 0.4) is 0 Å². The SMILES string of the molecule is CC(=O)Oc1ccc([N+](=O)[O-])cc1.O=C(Cl)Oc1cc(Cl)c(Cl)cc1Cl.O=C(Cl)Oc1ccc([N+](=O)[O-])cc1.O=COc1cc(Cl)c(Cl)cc1Cl. The summed E-state index contributed by atoms with van der Waals surface area (Å²) in [4.78, 5) is 60.4.